The fourth-order valence-corrected chi connectivity index (χ4v) is 4.43. The van der Waals surface area contributed by atoms with Crippen molar-refractivity contribution in [1.29, 1.82) is 0 Å². The normalized spacial score (nSPS) is 11.7. The minimum absolute atomic E-state index is 0.0340. The minimum Gasteiger partial charge on any atom is -0.451 e. The molecule has 0 saturated carbocycles. The Hall–Kier alpha value is -3.45. The molecule has 3 rings (SSSR count). The van der Waals surface area contributed by atoms with Gasteiger partial charge in [-0.3, -0.25) is 19.8 Å². The largest absolute Gasteiger partial charge is 0.451 e. The number of hydrogen-bond donors (Lipinski definition) is 2. The molecule has 9 nitrogen and oxygen atoms in total. The van der Waals surface area contributed by atoms with Crippen LogP contribution >= 0.6 is 11.6 Å². The van der Waals surface area contributed by atoms with Crippen LogP contribution in [0.15, 0.2) is 65.8 Å². The Balaban J connectivity index is 1.73. The fourth-order valence-electron chi connectivity index (χ4n) is 3.12. The number of nitrogens with one attached hydrogen (secondary N) is 1. The lowest BCUT2D eigenvalue weighted by molar-refractivity contribution is -0.129. The summed E-state index contributed by atoms with van der Waals surface area (Å²) in [4.78, 5) is 29.3. The van der Waals surface area contributed by atoms with E-state index in [1.165, 1.54) is 41.7 Å². The molecule has 2 aromatic carbocycles. The van der Waals surface area contributed by atoms with Gasteiger partial charge in [0.15, 0.2) is 17.4 Å². The van der Waals surface area contributed by atoms with E-state index in [-0.39, 0.29) is 36.1 Å². The van der Waals surface area contributed by atoms with Crippen molar-refractivity contribution in [2.75, 3.05) is 26.7 Å². The van der Waals surface area contributed by atoms with Crippen molar-refractivity contribution in [1.82, 2.24) is 19.7 Å². The van der Waals surface area contributed by atoms with E-state index < -0.39 is 40.8 Å². The number of hydroxylamine groups is 1. The van der Waals surface area contributed by atoms with Crippen LogP contribution in [0.2, 0.25) is 5.02 Å². The van der Waals surface area contributed by atoms with Crippen molar-refractivity contribution in [2.24, 2.45) is 0 Å². The summed E-state index contributed by atoms with van der Waals surface area (Å²) in [6.07, 6.45) is 3.22. The maximum Gasteiger partial charge on any atom is 0.258 e. The van der Waals surface area contributed by atoms with Crippen LogP contribution < -0.4 is 10.2 Å². The predicted molar refractivity (Wildman–Crippen MR) is 131 cm³/mol. The number of carbonyl (C=O) groups is 2. The van der Waals surface area contributed by atoms with Gasteiger partial charge in [-0.15, -0.1) is 0 Å². The molecule has 3 aromatic rings. The molecule has 0 bridgehead atoms. The van der Waals surface area contributed by atoms with Crippen molar-refractivity contribution in [2.45, 2.75) is 11.3 Å². The van der Waals surface area contributed by atoms with Crippen molar-refractivity contribution in [3.63, 3.8) is 0 Å². The zero-order valence-electron chi connectivity index (χ0n) is 19.6. The summed E-state index contributed by atoms with van der Waals surface area (Å²) in [5, 5.41) is 9.32. The monoisotopic (exact) mass is 552 g/mol. The van der Waals surface area contributed by atoms with E-state index in [0.29, 0.717) is 10.6 Å². The van der Waals surface area contributed by atoms with Crippen LogP contribution in [0.4, 0.5) is 8.78 Å². The van der Waals surface area contributed by atoms with Crippen LogP contribution in [-0.2, 0) is 27.0 Å². The third-order valence-corrected chi connectivity index (χ3v) is 6.75. The molecule has 1 atom stereocenters. The maximum atomic E-state index is 14.7. The number of pyridine rings is 1. The van der Waals surface area contributed by atoms with Gasteiger partial charge in [-0.1, -0.05) is 17.7 Å². The molecule has 2 N–H and O–H groups in total. The molecule has 0 saturated heterocycles. The van der Waals surface area contributed by atoms with Crippen LogP contribution in [0.3, 0.4) is 0 Å². The van der Waals surface area contributed by atoms with Crippen molar-refractivity contribution in [3.05, 3.63) is 83.1 Å². The predicted octanol–water partition coefficient (Wildman–Crippen LogP) is 3.34. The summed E-state index contributed by atoms with van der Waals surface area (Å²) in [6.45, 7) is -0.645. The molecule has 0 aliphatic rings. The van der Waals surface area contributed by atoms with Gasteiger partial charge in [0.05, 0.1) is 17.9 Å². The second-order valence-electron chi connectivity index (χ2n) is 7.77. The van der Waals surface area contributed by atoms with Crippen molar-refractivity contribution in [3.8, 4) is 11.5 Å². The number of ether oxygens (including phenoxy) is 1. The van der Waals surface area contributed by atoms with Gasteiger partial charge in [0.2, 0.25) is 5.91 Å². The van der Waals surface area contributed by atoms with E-state index in [2.05, 4.69) is 4.98 Å². The number of nitrogens with zero attached hydrogens (tertiary/aromatic N) is 3. The molecule has 0 radical (unpaired) electrons. The first kappa shape index (κ1) is 28.1. The summed E-state index contributed by atoms with van der Waals surface area (Å²) in [5.41, 5.74) is 2.13. The molecular weight excluding hydrogens is 530 g/mol. The van der Waals surface area contributed by atoms with E-state index in [9.17, 15) is 22.6 Å². The Morgan fingerprint density at radius 3 is 2.41 bits per heavy atom. The zero-order valence-corrected chi connectivity index (χ0v) is 21.1. The van der Waals surface area contributed by atoms with Gasteiger partial charge >= 0.3 is 0 Å². The van der Waals surface area contributed by atoms with Gasteiger partial charge in [0.25, 0.3) is 5.91 Å². The number of aromatic nitrogens is 1. The quantitative estimate of drug-likeness (QED) is 0.279. The number of hydrogen-bond acceptors (Lipinski definition) is 6. The van der Waals surface area contributed by atoms with Crippen LogP contribution in [0.25, 0.3) is 0 Å². The van der Waals surface area contributed by atoms with E-state index in [4.69, 9.17) is 21.5 Å². The highest BCUT2D eigenvalue weighted by atomic mass is 35.5. The highest BCUT2D eigenvalue weighted by molar-refractivity contribution is 7.82. The van der Waals surface area contributed by atoms with Crippen LogP contribution in [0.1, 0.15) is 5.56 Å². The standard InChI is InChI=1S/C24H23ClF2N4O5S/c1-30(23(33)11-16-3-2-8-28-14-16)9-10-31(15-22(32)29-34)37(35)19-12-20(26)24(21(27)13-19)36-18-6-4-17(25)5-7-18/h2-8,12-14,34H,9-11,15H2,1H3,(H,29,32). The topological polar surface area (TPSA) is 112 Å². The molecule has 196 valence electrons. The Morgan fingerprint density at radius 1 is 1.14 bits per heavy atom. The lowest BCUT2D eigenvalue weighted by atomic mass is 10.2. The highest BCUT2D eigenvalue weighted by Gasteiger charge is 2.24. The average molecular weight is 553 g/mol. The molecule has 1 unspecified atom stereocenters. The third-order valence-electron chi connectivity index (χ3n) is 5.07. The SMILES string of the molecule is CN(CCN(CC(=O)NO)S(=O)c1cc(F)c(Oc2ccc(Cl)cc2)c(F)c1)C(=O)Cc1cccnc1. The number of rotatable bonds is 11. The molecule has 2 amide bonds. The summed E-state index contributed by atoms with van der Waals surface area (Å²) < 4.78 is 48.9. The number of halogens is 3. The van der Waals surface area contributed by atoms with Crippen LogP contribution in [0, 0.1) is 11.6 Å². The Bertz CT molecular complexity index is 1240. The zero-order chi connectivity index (χ0) is 26.9. The highest BCUT2D eigenvalue weighted by Crippen LogP contribution is 2.30. The van der Waals surface area contributed by atoms with E-state index >= 15 is 0 Å². The first-order valence-electron chi connectivity index (χ1n) is 10.8. The van der Waals surface area contributed by atoms with Crippen molar-refractivity contribution >= 4 is 34.4 Å². The molecule has 1 aromatic heterocycles. The molecule has 1 heterocycles. The third kappa shape index (κ3) is 8.02. The molecule has 37 heavy (non-hydrogen) atoms. The smallest absolute Gasteiger partial charge is 0.258 e. The minimum atomic E-state index is -2.23. The van der Waals surface area contributed by atoms with Gasteiger partial charge in [0, 0.05) is 37.6 Å². The molecule has 13 heteroatoms. The number of carbonyl (C=O) groups excluding carboxylic acids is 2. The number of likely N-dealkylation sites (N-methyl/N-ethyl adjacent to an activating group) is 1. The van der Waals surface area contributed by atoms with E-state index in [0.717, 1.165) is 16.4 Å². The lowest BCUT2D eigenvalue weighted by Gasteiger charge is -2.24. The molecular formula is C24H23ClF2N4O5S. The summed E-state index contributed by atoms with van der Waals surface area (Å²) in [5.74, 6) is -3.96. The molecule has 0 spiro atoms. The first-order valence-corrected chi connectivity index (χ1v) is 12.3. The maximum absolute atomic E-state index is 14.7. The van der Waals surface area contributed by atoms with E-state index in [1.807, 2.05) is 0 Å². The van der Waals surface area contributed by atoms with Gasteiger partial charge in [-0.2, -0.15) is 0 Å². The Morgan fingerprint density at radius 2 is 1.81 bits per heavy atom. The number of amides is 2. The summed E-state index contributed by atoms with van der Waals surface area (Å²) >= 11 is 5.80. The van der Waals surface area contributed by atoms with Gasteiger partial charge in [0.1, 0.15) is 16.7 Å². The fraction of sp³-hybridized carbons (Fsp3) is 0.208. The average Bonchev–Trinajstić information content (AvgIpc) is 2.89. The van der Waals surface area contributed by atoms with Crippen LogP contribution in [-0.4, -0.2) is 62.1 Å². The Kier molecular flexibility index (Phi) is 10.0. The van der Waals surface area contributed by atoms with Crippen LogP contribution in [0.5, 0.6) is 11.5 Å². The lowest BCUT2D eigenvalue weighted by Crippen LogP contribution is -2.42. The molecule has 0 aliphatic heterocycles. The van der Waals surface area contributed by atoms with Gasteiger partial charge in [-0.05, 0) is 48.0 Å². The second kappa shape index (κ2) is 13.2. The second-order valence-corrected chi connectivity index (χ2v) is 9.70. The van der Waals surface area contributed by atoms with Crippen molar-refractivity contribution < 1.29 is 32.5 Å². The summed E-state index contributed by atoms with van der Waals surface area (Å²) in [7, 11) is -0.707. The first-order chi connectivity index (χ1) is 17.7. The van der Waals surface area contributed by atoms with Gasteiger partial charge < -0.3 is 9.64 Å². The molecule has 0 fully saturated rings. The number of benzene rings is 2. The van der Waals surface area contributed by atoms with Gasteiger partial charge in [-0.25, -0.2) is 22.8 Å². The summed E-state index contributed by atoms with van der Waals surface area (Å²) in [6, 6.07) is 10.9. The molecule has 0 aliphatic carbocycles. The Labute approximate surface area is 219 Å². The van der Waals surface area contributed by atoms with E-state index in [1.54, 1.807) is 24.5 Å².